The predicted octanol–water partition coefficient (Wildman–Crippen LogP) is 1.88. The molecule has 14 heavy (non-hydrogen) atoms. The number of aliphatic carboxylic acids is 1. The zero-order valence-electron chi connectivity index (χ0n) is 8.58. The van der Waals surface area contributed by atoms with Gasteiger partial charge in [-0.1, -0.05) is 25.5 Å². The van der Waals surface area contributed by atoms with Crippen molar-refractivity contribution in [3.05, 3.63) is 23.3 Å². The molecule has 0 amide bonds. The molecular weight excluding hydrogens is 180 g/mol. The SMILES string of the molecule is CCC1=C(C(=O)O)C=CC(O)(CC)C1. The summed E-state index contributed by atoms with van der Waals surface area (Å²) in [5.41, 5.74) is 0.319. The van der Waals surface area contributed by atoms with Gasteiger partial charge in [0.05, 0.1) is 11.2 Å². The molecule has 0 radical (unpaired) electrons. The first kappa shape index (κ1) is 11.0. The second kappa shape index (κ2) is 3.96. The minimum absolute atomic E-state index is 0.339. The predicted molar refractivity (Wildman–Crippen MR) is 54.0 cm³/mol. The topological polar surface area (TPSA) is 57.5 Å². The quantitative estimate of drug-likeness (QED) is 0.724. The van der Waals surface area contributed by atoms with Crippen LogP contribution in [0.5, 0.6) is 0 Å². The fourth-order valence-corrected chi connectivity index (χ4v) is 1.66. The molecule has 1 atom stereocenters. The number of carbonyl (C=O) groups is 1. The summed E-state index contributed by atoms with van der Waals surface area (Å²) in [5, 5.41) is 18.9. The van der Waals surface area contributed by atoms with E-state index in [0.29, 0.717) is 24.8 Å². The highest BCUT2D eigenvalue weighted by atomic mass is 16.4. The number of aliphatic hydroxyl groups is 1. The van der Waals surface area contributed by atoms with Crippen molar-refractivity contribution in [3.63, 3.8) is 0 Å². The average Bonchev–Trinajstić information content (AvgIpc) is 2.17. The second-order valence-electron chi connectivity index (χ2n) is 3.64. The lowest BCUT2D eigenvalue weighted by Crippen LogP contribution is -2.28. The van der Waals surface area contributed by atoms with Gasteiger partial charge in [0.2, 0.25) is 0 Å². The van der Waals surface area contributed by atoms with Crippen LogP contribution in [0.1, 0.15) is 33.1 Å². The smallest absolute Gasteiger partial charge is 0.335 e. The average molecular weight is 196 g/mol. The van der Waals surface area contributed by atoms with Gasteiger partial charge in [0.1, 0.15) is 0 Å². The highest BCUT2D eigenvalue weighted by Crippen LogP contribution is 2.31. The van der Waals surface area contributed by atoms with Gasteiger partial charge in [0, 0.05) is 6.42 Å². The Morgan fingerprint density at radius 3 is 2.64 bits per heavy atom. The fraction of sp³-hybridized carbons (Fsp3) is 0.545. The number of carboxylic acid groups (broad SMARTS) is 1. The Labute approximate surface area is 83.8 Å². The molecule has 0 aromatic rings. The van der Waals surface area contributed by atoms with Gasteiger partial charge in [-0.2, -0.15) is 0 Å². The lowest BCUT2D eigenvalue weighted by molar-refractivity contribution is -0.132. The molecule has 0 heterocycles. The Kier molecular flexibility index (Phi) is 3.11. The van der Waals surface area contributed by atoms with Gasteiger partial charge in [0.25, 0.3) is 0 Å². The van der Waals surface area contributed by atoms with Crippen LogP contribution < -0.4 is 0 Å². The lowest BCUT2D eigenvalue weighted by Gasteiger charge is -2.28. The van der Waals surface area contributed by atoms with E-state index in [9.17, 15) is 9.90 Å². The zero-order chi connectivity index (χ0) is 10.8. The molecule has 1 unspecified atom stereocenters. The summed E-state index contributed by atoms with van der Waals surface area (Å²) in [7, 11) is 0. The summed E-state index contributed by atoms with van der Waals surface area (Å²) in [4.78, 5) is 10.8. The van der Waals surface area contributed by atoms with E-state index in [-0.39, 0.29) is 0 Å². The third-order valence-corrected chi connectivity index (χ3v) is 2.73. The minimum atomic E-state index is -0.906. The highest BCUT2D eigenvalue weighted by molar-refractivity contribution is 5.91. The first-order valence-electron chi connectivity index (χ1n) is 4.89. The van der Waals surface area contributed by atoms with Gasteiger partial charge in [-0.3, -0.25) is 0 Å². The molecule has 2 N–H and O–H groups in total. The maximum atomic E-state index is 10.8. The van der Waals surface area contributed by atoms with Gasteiger partial charge >= 0.3 is 5.97 Å². The van der Waals surface area contributed by atoms with Crippen molar-refractivity contribution in [2.24, 2.45) is 0 Å². The molecule has 0 aromatic carbocycles. The molecule has 0 saturated carbocycles. The molecule has 3 nitrogen and oxygen atoms in total. The molecule has 1 rings (SSSR count). The first-order valence-corrected chi connectivity index (χ1v) is 4.89. The molecule has 3 heteroatoms. The molecule has 1 aliphatic carbocycles. The van der Waals surface area contributed by atoms with Crippen LogP contribution in [0.15, 0.2) is 23.3 Å². The molecule has 0 aliphatic heterocycles. The first-order chi connectivity index (χ1) is 6.52. The number of rotatable bonds is 3. The molecule has 0 spiro atoms. The molecule has 0 fully saturated rings. The monoisotopic (exact) mass is 196 g/mol. The zero-order valence-corrected chi connectivity index (χ0v) is 8.58. The van der Waals surface area contributed by atoms with Gasteiger partial charge in [-0.25, -0.2) is 4.79 Å². The Morgan fingerprint density at radius 1 is 1.57 bits per heavy atom. The van der Waals surface area contributed by atoms with Crippen LogP contribution >= 0.6 is 0 Å². The van der Waals surface area contributed by atoms with E-state index in [1.807, 2.05) is 13.8 Å². The summed E-state index contributed by atoms with van der Waals surface area (Å²) in [5.74, 6) is -0.906. The van der Waals surface area contributed by atoms with Gasteiger partial charge in [-0.05, 0) is 18.9 Å². The highest BCUT2D eigenvalue weighted by Gasteiger charge is 2.28. The van der Waals surface area contributed by atoms with Crippen LogP contribution in [-0.4, -0.2) is 21.8 Å². The van der Waals surface area contributed by atoms with Gasteiger partial charge < -0.3 is 10.2 Å². The normalized spacial score (nSPS) is 26.8. The summed E-state index contributed by atoms with van der Waals surface area (Å²) in [6.45, 7) is 3.80. The van der Waals surface area contributed by atoms with E-state index >= 15 is 0 Å². The lowest BCUT2D eigenvalue weighted by atomic mass is 9.83. The van der Waals surface area contributed by atoms with Gasteiger partial charge in [-0.15, -0.1) is 0 Å². The molecular formula is C11H16O3. The summed E-state index contributed by atoms with van der Waals surface area (Å²) < 4.78 is 0. The van der Waals surface area contributed by atoms with E-state index < -0.39 is 11.6 Å². The van der Waals surface area contributed by atoms with Crippen molar-refractivity contribution >= 4 is 5.97 Å². The molecule has 0 saturated heterocycles. The van der Waals surface area contributed by atoms with Crippen molar-refractivity contribution in [2.45, 2.75) is 38.7 Å². The Morgan fingerprint density at radius 2 is 2.21 bits per heavy atom. The standard InChI is InChI=1S/C11H16O3/c1-3-8-7-11(14,4-2)6-5-9(8)10(12)13/h5-6,14H,3-4,7H2,1-2H3,(H,12,13). The van der Waals surface area contributed by atoms with Crippen molar-refractivity contribution in [1.82, 2.24) is 0 Å². The van der Waals surface area contributed by atoms with Crippen LogP contribution in [0, 0.1) is 0 Å². The van der Waals surface area contributed by atoms with Crippen molar-refractivity contribution in [3.8, 4) is 0 Å². The summed E-state index contributed by atoms with van der Waals surface area (Å²) in [6, 6.07) is 0. The number of hydrogen-bond acceptors (Lipinski definition) is 2. The van der Waals surface area contributed by atoms with E-state index in [2.05, 4.69) is 0 Å². The summed E-state index contributed by atoms with van der Waals surface area (Å²) >= 11 is 0. The Balaban J connectivity index is 2.99. The van der Waals surface area contributed by atoms with E-state index in [0.717, 1.165) is 5.57 Å². The summed E-state index contributed by atoms with van der Waals surface area (Å²) in [6.07, 6.45) is 4.84. The largest absolute Gasteiger partial charge is 0.478 e. The third-order valence-electron chi connectivity index (χ3n) is 2.73. The number of hydrogen-bond donors (Lipinski definition) is 2. The molecule has 0 aromatic heterocycles. The maximum Gasteiger partial charge on any atom is 0.335 e. The van der Waals surface area contributed by atoms with Crippen molar-refractivity contribution in [2.75, 3.05) is 0 Å². The maximum absolute atomic E-state index is 10.8. The van der Waals surface area contributed by atoms with Crippen molar-refractivity contribution in [1.29, 1.82) is 0 Å². The minimum Gasteiger partial charge on any atom is -0.478 e. The second-order valence-corrected chi connectivity index (χ2v) is 3.64. The van der Waals surface area contributed by atoms with E-state index in [1.165, 1.54) is 6.08 Å². The Bertz CT molecular complexity index is 302. The van der Waals surface area contributed by atoms with E-state index in [1.54, 1.807) is 6.08 Å². The Hall–Kier alpha value is -1.09. The molecule has 0 bridgehead atoms. The van der Waals surface area contributed by atoms with Crippen LogP contribution in [-0.2, 0) is 4.79 Å². The van der Waals surface area contributed by atoms with Crippen LogP contribution in [0.4, 0.5) is 0 Å². The van der Waals surface area contributed by atoms with Crippen LogP contribution in [0.2, 0.25) is 0 Å². The fourth-order valence-electron chi connectivity index (χ4n) is 1.66. The third kappa shape index (κ3) is 2.04. The van der Waals surface area contributed by atoms with E-state index in [4.69, 9.17) is 5.11 Å². The van der Waals surface area contributed by atoms with Crippen LogP contribution in [0.25, 0.3) is 0 Å². The number of carboxylic acids is 1. The molecule has 78 valence electrons. The van der Waals surface area contributed by atoms with Gasteiger partial charge in [0.15, 0.2) is 0 Å². The van der Waals surface area contributed by atoms with Crippen molar-refractivity contribution < 1.29 is 15.0 Å². The molecule has 1 aliphatic rings. The van der Waals surface area contributed by atoms with Crippen LogP contribution in [0.3, 0.4) is 0 Å².